The van der Waals surface area contributed by atoms with Gasteiger partial charge in [0.2, 0.25) is 0 Å². The van der Waals surface area contributed by atoms with Gasteiger partial charge in [-0.2, -0.15) is 0 Å². The third-order valence-corrected chi connectivity index (χ3v) is 4.37. The lowest BCUT2D eigenvalue weighted by Gasteiger charge is -2.24. The highest BCUT2D eigenvalue weighted by Crippen LogP contribution is 2.27. The maximum Gasteiger partial charge on any atom is 0.111 e. The number of para-hydroxylation sites is 2. The first-order valence-electron chi connectivity index (χ1n) is 8.50. The van der Waals surface area contributed by atoms with E-state index in [1.165, 1.54) is 11.1 Å². The molecule has 0 bridgehead atoms. The number of hydrogen-bond acceptors (Lipinski definition) is 1. The first kappa shape index (κ1) is 17.1. The molecular formula is C23H21NS. The van der Waals surface area contributed by atoms with Crippen LogP contribution < -0.4 is 4.90 Å². The molecule has 3 aromatic rings. The van der Waals surface area contributed by atoms with E-state index in [9.17, 15) is 0 Å². The van der Waals surface area contributed by atoms with Crippen LogP contribution in [-0.4, -0.2) is 4.99 Å². The van der Waals surface area contributed by atoms with Gasteiger partial charge < -0.3 is 4.90 Å². The Hall–Kier alpha value is -2.71. The molecule has 3 rings (SSSR count). The van der Waals surface area contributed by atoms with Crippen molar-refractivity contribution in [2.75, 3.05) is 4.90 Å². The highest BCUT2D eigenvalue weighted by Gasteiger charge is 2.13. The minimum Gasteiger partial charge on any atom is -0.301 e. The van der Waals surface area contributed by atoms with E-state index >= 15 is 0 Å². The van der Waals surface area contributed by atoms with Crippen molar-refractivity contribution in [1.29, 1.82) is 0 Å². The van der Waals surface area contributed by atoms with E-state index < -0.39 is 0 Å². The molecule has 0 aliphatic heterocycles. The topological polar surface area (TPSA) is 3.24 Å². The van der Waals surface area contributed by atoms with Gasteiger partial charge in [-0.15, -0.1) is 0 Å². The summed E-state index contributed by atoms with van der Waals surface area (Å²) in [6.45, 7) is 2.16. The lowest BCUT2D eigenvalue weighted by Crippen LogP contribution is -2.22. The van der Waals surface area contributed by atoms with Crippen LogP contribution >= 0.6 is 12.2 Å². The van der Waals surface area contributed by atoms with Crippen LogP contribution in [0.5, 0.6) is 0 Å². The quantitative estimate of drug-likeness (QED) is 0.377. The number of anilines is 2. The van der Waals surface area contributed by atoms with E-state index in [4.69, 9.17) is 12.2 Å². The van der Waals surface area contributed by atoms with Crippen molar-refractivity contribution in [3.63, 3.8) is 0 Å². The summed E-state index contributed by atoms with van der Waals surface area (Å²) in [4.78, 5) is 2.91. The molecule has 0 unspecified atom stereocenters. The molecule has 0 aliphatic carbocycles. The summed E-state index contributed by atoms with van der Waals surface area (Å²) in [6, 6.07) is 31.0. The van der Waals surface area contributed by atoms with E-state index in [0.717, 1.165) is 22.8 Å². The normalized spacial score (nSPS) is 11.2. The van der Waals surface area contributed by atoms with Crippen molar-refractivity contribution in [2.24, 2.45) is 0 Å². The average Bonchev–Trinajstić information content (AvgIpc) is 2.69. The Morgan fingerprint density at radius 2 is 1.20 bits per heavy atom. The van der Waals surface area contributed by atoms with Gasteiger partial charge in [-0.1, -0.05) is 85.9 Å². The van der Waals surface area contributed by atoms with Gasteiger partial charge >= 0.3 is 0 Å². The fourth-order valence-corrected chi connectivity index (χ4v) is 3.17. The molecule has 2 heteroatoms. The Bertz CT molecular complexity index is 800. The summed E-state index contributed by atoms with van der Waals surface area (Å²) < 4.78 is 0. The maximum atomic E-state index is 5.83. The van der Waals surface area contributed by atoms with Gasteiger partial charge in [0.25, 0.3) is 0 Å². The first-order valence-corrected chi connectivity index (χ1v) is 8.90. The predicted octanol–water partition coefficient (Wildman–Crippen LogP) is 6.65. The number of benzene rings is 3. The van der Waals surface area contributed by atoms with Crippen LogP contribution in [-0.2, 0) is 0 Å². The maximum absolute atomic E-state index is 5.83. The highest BCUT2D eigenvalue weighted by molar-refractivity contribution is 7.81. The Balaban J connectivity index is 2.01. The predicted molar refractivity (Wildman–Crippen MR) is 112 cm³/mol. The minimum atomic E-state index is 0.790. The Labute approximate surface area is 155 Å². The van der Waals surface area contributed by atoms with Crippen molar-refractivity contribution < 1.29 is 0 Å². The van der Waals surface area contributed by atoms with Crippen LogP contribution in [0.1, 0.15) is 18.9 Å². The van der Waals surface area contributed by atoms with Crippen LogP contribution in [0.3, 0.4) is 0 Å². The van der Waals surface area contributed by atoms with Gasteiger partial charge in [-0.05, 0) is 47.9 Å². The summed E-state index contributed by atoms with van der Waals surface area (Å²) in [7, 11) is 0. The van der Waals surface area contributed by atoms with Crippen LogP contribution in [0, 0.1) is 0 Å². The Morgan fingerprint density at radius 3 is 1.64 bits per heavy atom. The third-order valence-electron chi connectivity index (χ3n) is 4.07. The van der Waals surface area contributed by atoms with Crippen LogP contribution in [0.25, 0.3) is 5.57 Å². The smallest absolute Gasteiger partial charge is 0.111 e. The van der Waals surface area contributed by atoms with Crippen LogP contribution in [0.2, 0.25) is 0 Å². The average molecular weight is 343 g/mol. The summed E-state index contributed by atoms with van der Waals surface area (Å²) in [5, 5.41) is 0. The second kappa shape index (κ2) is 8.41. The van der Waals surface area contributed by atoms with Gasteiger partial charge in [-0.3, -0.25) is 0 Å². The van der Waals surface area contributed by atoms with Gasteiger partial charge in [0.15, 0.2) is 0 Å². The molecule has 1 nitrogen and oxygen atoms in total. The van der Waals surface area contributed by atoms with Gasteiger partial charge in [0.05, 0.1) is 0 Å². The molecule has 0 amide bonds. The molecule has 0 atom stereocenters. The molecule has 0 radical (unpaired) electrons. The molecule has 0 aromatic heterocycles. The standard InChI is InChI=1S/C23H21NS/c1-2-19(20-12-6-3-7-13-20)18-23(25)24(21-14-8-4-9-15-21)22-16-10-5-11-17-22/h3-18H,2H2,1H3/b19-18+. The fraction of sp³-hybridized carbons (Fsp3) is 0.0870. The minimum absolute atomic E-state index is 0.790. The number of allylic oxidation sites excluding steroid dienone is 1. The number of nitrogens with zero attached hydrogens (tertiary/aromatic N) is 1. The summed E-state index contributed by atoms with van der Waals surface area (Å²) >= 11 is 5.83. The Kier molecular flexibility index (Phi) is 5.76. The van der Waals surface area contributed by atoms with Gasteiger partial charge in [0.1, 0.15) is 4.99 Å². The van der Waals surface area contributed by atoms with Crippen molar-refractivity contribution in [1.82, 2.24) is 0 Å². The number of thiocarbonyl (C=S) groups is 1. The van der Waals surface area contributed by atoms with Gasteiger partial charge in [-0.25, -0.2) is 0 Å². The molecule has 124 valence electrons. The molecule has 0 fully saturated rings. The van der Waals surface area contributed by atoms with E-state index in [2.05, 4.69) is 66.4 Å². The largest absolute Gasteiger partial charge is 0.301 e. The molecule has 0 saturated carbocycles. The van der Waals surface area contributed by atoms with Crippen molar-refractivity contribution in [3.05, 3.63) is 103 Å². The molecule has 0 N–H and O–H groups in total. The molecular weight excluding hydrogens is 322 g/mol. The monoisotopic (exact) mass is 343 g/mol. The first-order chi connectivity index (χ1) is 12.3. The molecule has 25 heavy (non-hydrogen) atoms. The van der Waals surface area contributed by atoms with E-state index in [0.29, 0.717) is 0 Å². The lowest BCUT2D eigenvalue weighted by atomic mass is 10.0. The second-order valence-electron chi connectivity index (χ2n) is 5.73. The molecule has 0 heterocycles. The summed E-state index contributed by atoms with van der Waals surface area (Å²) in [6.07, 6.45) is 3.05. The number of hydrogen-bond donors (Lipinski definition) is 0. The zero-order valence-corrected chi connectivity index (χ0v) is 15.1. The third kappa shape index (κ3) is 4.23. The SMILES string of the molecule is CC/C(=C\C(=S)N(c1ccccc1)c1ccccc1)c1ccccc1. The summed E-state index contributed by atoms with van der Waals surface area (Å²) in [5.41, 5.74) is 4.59. The second-order valence-corrected chi connectivity index (χ2v) is 6.15. The van der Waals surface area contributed by atoms with Crippen molar-refractivity contribution in [2.45, 2.75) is 13.3 Å². The van der Waals surface area contributed by atoms with Crippen LogP contribution in [0.15, 0.2) is 97.1 Å². The molecule has 0 spiro atoms. The number of rotatable bonds is 5. The van der Waals surface area contributed by atoms with Crippen LogP contribution in [0.4, 0.5) is 11.4 Å². The van der Waals surface area contributed by atoms with E-state index in [1.807, 2.05) is 42.5 Å². The highest BCUT2D eigenvalue weighted by atomic mass is 32.1. The van der Waals surface area contributed by atoms with Gasteiger partial charge in [0, 0.05) is 11.4 Å². The fourth-order valence-electron chi connectivity index (χ4n) is 2.81. The zero-order valence-electron chi connectivity index (χ0n) is 14.3. The molecule has 0 saturated heterocycles. The zero-order chi connectivity index (χ0) is 17.5. The van der Waals surface area contributed by atoms with E-state index in [-0.39, 0.29) is 0 Å². The lowest BCUT2D eigenvalue weighted by molar-refractivity contribution is 1.24. The molecule has 0 aliphatic rings. The van der Waals surface area contributed by atoms with Crippen molar-refractivity contribution >= 4 is 34.2 Å². The van der Waals surface area contributed by atoms with E-state index in [1.54, 1.807) is 0 Å². The molecule has 3 aromatic carbocycles. The van der Waals surface area contributed by atoms with Crippen molar-refractivity contribution in [3.8, 4) is 0 Å². The summed E-state index contributed by atoms with van der Waals surface area (Å²) in [5.74, 6) is 0. The Morgan fingerprint density at radius 1 is 0.760 bits per heavy atom.